The van der Waals surface area contributed by atoms with E-state index in [4.69, 9.17) is 32.2 Å². The van der Waals surface area contributed by atoms with Crippen molar-refractivity contribution in [3.63, 3.8) is 0 Å². The molecule has 37 heavy (non-hydrogen) atoms. The first kappa shape index (κ1) is 27.7. The third kappa shape index (κ3) is 7.54. The normalized spacial score (nSPS) is 12.9. The predicted molar refractivity (Wildman–Crippen MR) is 141 cm³/mol. The molecule has 13 heteroatoms. The molecule has 0 radical (unpaired) electrons. The molecular weight excluding hydrogens is 500 g/mol. The summed E-state index contributed by atoms with van der Waals surface area (Å²) in [7, 11) is 1.46. The number of carbonyl (C=O) groups excluding carboxylic acids is 2. The monoisotopic (exact) mass is 530 g/mol. The van der Waals surface area contributed by atoms with E-state index < -0.39 is 17.6 Å². The van der Waals surface area contributed by atoms with Gasteiger partial charge >= 0.3 is 6.09 Å². The second-order valence-electron chi connectivity index (χ2n) is 9.47. The van der Waals surface area contributed by atoms with Gasteiger partial charge in [-0.05, 0) is 39.8 Å². The Balaban J connectivity index is 1.62. The number of nitrogens with zero attached hydrogens (tertiary/aromatic N) is 3. The highest BCUT2D eigenvalue weighted by molar-refractivity contribution is 6.68. The van der Waals surface area contributed by atoms with Crippen LogP contribution in [0.1, 0.15) is 49.6 Å². The molecule has 2 amide bonds. The maximum atomic E-state index is 12.8. The highest BCUT2D eigenvalue weighted by Gasteiger charge is 2.25. The number of anilines is 1. The van der Waals surface area contributed by atoms with Gasteiger partial charge in [0.2, 0.25) is 0 Å². The van der Waals surface area contributed by atoms with Gasteiger partial charge in [0.15, 0.2) is 5.82 Å². The zero-order chi connectivity index (χ0) is 27.3. The number of halogens is 1. The number of amides is 2. The largest absolute Gasteiger partial charge is 0.443 e. The standard InChI is InChI=1S/C24H31ClN8O4/c1-13(11-36-12-15-7-16(26)6-14-9-29-32-20(14)15)30-22(34)17-10-28-21(31-17)18(8-19(25)27)33(5)23(35)37-24(2,3)4/h6-10,13,27H,11-12,26H2,1-5H3,(H,28,31)(H,29,32)(H,30,34)/b18-8+,27-19?/t13-/m1/s1. The van der Waals surface area contributed by atoms with E-state index in [2.05, 4.69) is 25.5 Å². The maximum Gasteiger partial charge on any atom is 0.414 e. The minimum Gasteiger partial charge on any atom is -0.443 e. The Hall–Kier alpha value is -3.90. The predicted octanol–water partition coefficient (Wildman–Crippen LogP) is 3.63. The molecule has 12 nitrogen and oxygen atoms in total. The van der Waals surface area contributed by atoms with Crippen LogP contribution in [-0.4, -0.2) is 67.5 Å². The molecule has 0 aliphatic rings. The van der Waals surface area contributed by atoms with Gasteiger partial charge in [-0.3, -0.25) is 20.2 Å². The van der Waals surface area contributed by atoms with Crippen molar-refractivity contribution in [2.75, 3.05) is 19.4 Å². The molecule has 1 atom stereocenters. The van der Waals surface area contributed by atoms with Crippen LogP contribution in [0.5, 0.6) is 0 Å². The Labute approximate surface area is 219 Å². The zero-order valence-electron chi connectivity index (χ0n) is 21.3. The zero-order valence-corrected chi connectivity index (χ0v) is 22.1. The number of allylic oxidation sites excluding steroid dienone is 1. The van der Waals surface area contributed by atoms with Crippen LogP contribution in [0.15, 0.2) is 30.6 Å². The summed E-state index contributed by atoms with van der Waals surface area (Å²) in [4.78, 5) is 33.5. The Kier molecular flexibility index (Phi) is 8.56. The summed E-state index contributed by atoms with van der Waals surface area (Å²) >= 11 is 5.75. The van der Waals surface area contributed by atoms with Crippen molar-refractivity contribution >= 4 is 51.1 Å². The number of fused-ring (bicyclic) bond motifs is 1. The first-order valence-corrected chi connectivity index (χ1v) is 11.8. The number of nitrogens with two attached hydrogens (primary N) is 1. The van der Waals surface area contributed by atoms with E-state index in [1.54, 1.807) is 33.9 Å². The number of rotatable bonds is 9. The highest BCUT2D eigenvalue weighted by Crippen LogP contribution is 2.21. The number of imidazole rings is 1. The Morgan fingerprint density at radius 1 is 1.32 bits per heavy atom. The molecular formula is C24H31ClN8O4. The number of carbonyl (C=O) groups is 2. The quantitative estimate of drug-likeness (QED) is 0.207. The Morgan fingerprint density at radius 2 is 2.05 bits per heavy atom. The van der Waals surface area contributed by atoms with Gasteiger partial charge in [0, 0.05) is 35.8 Å². The number of aromatic amines is 2. The van der Waals surface area contributed by atoms with Crippen molar-refractivity contribution < 1.29 is 19.1 Å². The summed E-state index contributed by atoms with van der Waals surface area (Å²) < 4.78 is 11.2. The molecule has 0 saturated carbocycles. The van der Waals surface area contributed by atoms with E-state index in [0.717, 1.165) is 21.4 Å². The SMILES string of the molecule is C[C@H](COCc1cc(N)cc2cn[nH]c12)NC(=O)c1cnc(/C(=C\C(=N)Cl)N(C)C(=O)OC(C)(C)C)[nH]1. The number of H-pyrrole nitrogens is 2. The third-order valence-electron chi connectivity index (χ3n) is 5.01. The van der Waals surface area contributed by atoms with Gasteiger partial charge < -0.3 is 25.5 Å². The second kappa shape index (κ2) is 11.4. The molecule has 1 aromatic carbocycles. The number of benzene rings is 1. The molecule has 198 valence electrons. The lowest BCUT2D eigenvalue weighted by Crippen LogP contribution is -2.36. The molecule has 6 N–H and O–H groups in total. The number of nitrogens with one attached hydrogen (secondary N) is 4. The van der Waals surface area contributed by atoms with Crippen LogP contribution in [-0.2, 0) is 16.1 Å². The van der Waals surface area contributed by atoms with Crippen LogP contribution in [0.2, 0.25) is 0 Å². The van der Waals surface area contributed by atoms with Crippen LogP contribution < -0.4 is 11.1 Å². The van der Waals surface area contributed by atoms with E-state index in [1.165, 1.54) is 19.3 Å². The fraction of sp³-hybridized carbons (Fsp3) is 0.375. The number of hydrogen-bond acceptors (Lipinski definition) is 8. The van der Waals surface area contributed by atoms with E-state index in [1.807, 2.05) is 12.1 Å². The smallest absolute Gasteiger partial charge is 0.414 e. The number of nitrogen functional groups attached to an aromatic ring is 1. The minimum atomic E-state index is -0.727. The fourth-order valence-electron chi connectivity index (χ4n) is 3.40. The van der Waals surface area contributed by atoms with Crippen LogP contribution in [0.25, 0.3) is 16.6 Å². The van der Waals surface area contributed by atoms with Gasteiger partial charge in [0.1, 0.15) is 16.5 Å². The lowest BCUT2D eigenvalue weighted by molar-refractivity contribution is 0.0387. The number of aromatic nitrogens is 4. The lowest BCUT2D eigenvalue weighted by Gasteiger charge is -2.25. The van der Waals surface area contributed by atoms with Crippen LogP contribution in [0.3, 0.4) is 0 Å². The van der Waals surface area contributed by atoms with E-state index in [0.29, 0.717) is 5.69 Å². The second-order valence-corrected chi connectivity index (χ2v) is 9.87. The van der Waals surface area contributed by atoms with Crippen molar-refractivity contribution in [1.82, 2.24) is 30.4 Å². The van der Waals surface area contributed by atoms with E-state index >= 15 is 0 Å². The average Bonchev–Trinajstić information content (AvgIpc) is 3.45. The van der Waals surface area contributed by atoms with Gasteiger partial charge in [0.25, 0.3) is 5.91 Å². The Bertz CT molecular complexity index is 1320. The number of ether oxygens (including phenoxy) is 2. The van der Waals surface area contributed by atoms with Crippen molar-refractivity contribution in [3.05, 3.63) is 47.7 Å². The molecule has 0 unspecified atom stereocenters. The van der Waals surface area contributed by atoms with Gasteiger partial charge in [-0.15, -0.1) is 0 Å². The van der Waals surface area contributed by atoms with Gasteiger partial charge in [-0.2, -0.15) is 5.10 Å². The molecule has 2 heterocycles. The summed E-state index contributed by atoms with van der Waals surface area (Å²) in [5.74, 6) is -0.256. The lowest BCUT2D eigenvalue weighted by atomic mass is 10.1. The van der Waals surface area contributed by atoms with Crippen LogP contribution >= 0.6 is 11.6 Å². The summed E-state index contributed by atoms with van der Waals surface area (Å²) in [6.07, 6.45) is 3.58. The fourth-order valence-corrected chi connectivity index (χ4v) is 3.50. The van der Waals surface area contributed by atoms with Gasteiger partial charge in [0.05, 0.1) is 36.8 Å². The molecule has 0 aliphatic heterocycles. The summed E-state index contributed by atoms with van der Waals surface area (Å²) in [6.45, 7) is 7.54. The Morgan fingerprint density at radius 3 is 2.73 bits per heavy atom. The van der Waals surface area contributed by atoms with Crippen molar-refractivity contribution in [1.29, 1.82) is 5.41 Å². The minimum absolute atomic E-state index is 0.154. The molecule has 3 aromatic rings. The first-order chi connectivity index (χ1) is 17.3. The van der Waals surface area contributed by atoms with Crippen LogP contribution in [0, 0.1) is 5.41 Å². The van der Waals surface area contributed by atoms with E-state index in [-0.39, 0.29) is 41.6 Å². The number of hydrogen-bond donors (Lipinski definition) is 5. The molecule has 0 saturated heterocycles. The molecule has 0 bridgehead atoms. The first-order valence-electron chi connectivity index (χ1n) is 11.4. The van der Waals surface area contributed by atoms with Crippen molar-refractivity contribution in [2.24, 2.45) is 0 Å². The van der Waals surface area contributed by atoms with Crippen LogP contribution in [0.4, 0.5) is 10.5 Å². The molecule has 0 spiro atoms. The summed E-state index contributed by atoms with van der Waals surface area (Å²) in [5.41, 5.74) is 7.85. The molecule has 3 rings (SSSR count). The molecule has 0 aliphatic carbocycles. The van der Waals surface area contributed by atoms with E-state index in [9.17, 15) is 9.59 Å². The third-order valence-corrected chi connectivity index (χ3v) is 5.12. The van der Waals surface area contributed by atoms with Crippen molar-refractivity contribution in [3.8, 4) is 0 Å². The van der Waals surface area contributed by atoms with Gasteiger partial charge in [-0.25, -0.2) is 9.78 Å². The van der Waals surface area contributed by atoms with Gasteiger partial charge in [-0.1, -0.05) is 11.6 Å². The maximum absolute atomic E-state index is 12.8. The average molecular weight is 531 g/mol. The summed E-state index contributed by atoms with van der Waals surface area (Å²) in [6, 6.07) is 3.31. The topological polar surface area (TPSA) is 175 Å². The molecule has 2 aromatic heterocycles. The highest BCUT2D eigenvalue weighted by atomic mass is 35.5. The van der Waals surface area contributed by atoms with Crippen molar-refractivity contribution in [2.45, 2.75) is 45.9 Å². The molecule has 0 fully saturated rings. The summed E-state index contributed by atoms with van der Waals surface area (Å²) in [5, 5.41) is 18.0.